The second-order valence-corrected chi connectivity index (χ2v) is 8.55. The Hall–Kier alpha value is -3.49. The van der Waals surface area contributed by atoms with Crippen LogP contribution in [0.3, 0.4) is 0 Å². The maximum Gasteiger partial charge on any atom is 0.269 e. The van der Waals surface area contributed by atoms with Gasteiger partial charge in [-0.05, 0) is 60.2 Å². The summed E-state index contributed by atoms with van der Waals surface area (Å²) in [6, 6.07) is 19.0. The van der Waals surface area contributed by atoms with E-state index in [1.165, 1.54) is 31.4 Å². The van der Waals surface area contributed by atoms with Gasteiger partial charge >= 0.3 is 0 Å². The molecule has 9 heteroatoms. The minimum Gasteiger partial charge on any atom is -0.497 e. The van der Waals surface area contributed by atoms with Crippen LogP contribution in [0, 0.1) is 0 Å². The van der Waals surface area contributed by atoms with Crippen molar-refractivity contribution in [3.63, 3.8) is 0 Å². The lowest BCUT2D eigenvalue weighted by Crippen LogP contribution is -2.35. The molecule has 0 aliphatic heterocycles. The average molecular weight is 458 g/mol. The van der Waals surface area contributed by atoms with Gasteiger partial charge in [0, 0.05) is 16.3 Å². The van der Waals surface area contributed by atoms with Crippen LogP contribution in [0.25, 0.3) is 5.70 Å². The molecule has 0 radical (unpaired) electrons. The van der Waals surface area contributed by atoms with Crippen molar-refractivity contribution in [2.75, 3.05) is 11.8 Å². The van der Waals surface area contributed by atoms with E-state index in [9.17, 15) is 13.2 Å². The van der Waals surface area contributed by atoms with E-state index in [2.05, 4.69) is 22.2 Å². The highest BCUT2D eigenvalue weighted by Crippen LogP contribution is 2.20. The quantitative estimate of drug-likeness (QED) is 0.443. The Morgan fingerprint density at radius 2 is 1.61 bits per heavy atom. The van der Waals surface area contributed by atoms with Crippen LogP contribution in [0.1, 0.15) is 15.9 Å². The Bertz CT molecular complexity index is 1190. The maximum absolute atomic E-state index is 12.7. The molecule has 0 aliphatic rings. The first-order chi connectivity index (χ1) is 14.8. The van der Waals surface area contributed by atoms with Crippen LogP contribution in [0.5, 0.6) is 5.75 Å². The van der Waals surface area contributed by atoms with Crippen molar-refractivity contribution in [2.45, 2.75) is 4.90 Å². The Morgan fingerprint density at radius 3 is 2.26 bits per heavy atom. The molecule has 3 aromatic rings. The van der Waals surface area contributed by atoms with Gasteiger partial charge in [0.2, 0.25) is 0 Å². The molecular formula is C22H20ClN3O4S. The first-order valence-corrected chi connectivity index (χ1v) is 10.9. The predicted octanol–water partition coefficient (Wildman–Crippen LogP) is 4.05. The molecule has 0 unspecified atom stereocenters. The van der Waals surface area contributed by atoms with Crippen LogP contribution in [-0.4, -0.2) is 21.4 Å². The van der Waals surface area contributed by atoms with E-state index in [-0.39, 0.29) is 10.5 Å². The number of benzene rings is 3. The average Bonchev–Trinajstić information content (AvgIpc) is 2.78. The van der Waals surface area contributed by atoms with Gasteiger partial charge in [-0.25, -0.2) is 8.42 Å². The molecule has 0 saturated carbocycles. The predicted molar refractivity (Wildman–Crippen MR) is 121 cm³/mol. The molecule has 0 bridgehead atoms. The van der Waals surface area contributed by atoms with Gasteiger partial charge in [0.15, 0.2) is 0 Å². The van der Waals surface area contributed by atoms with Gasteiger partial charge in [0.05, 0.1) is 17.7 Å². The number of ether oxygens (including phenoxy) is 1. The smallest absolute Gasteiger partial charge is 0.269 e. The first kappa shape index (κ1) is 22.2. The van der Waals surface area contributed by atoms with Crippen LogP contribution in [0.15, 0.2) is 84.3 Å². The van der Waals surface area contributed by atoms with Crippen molar-refractivity contribution in [1.82, 2.24) is 10.9 Å². The monoisotopic (exact) mass is 457 g/mol. The summed E-state index contributed by atoms with van der Waals surface area (Å²) in [5.41, 5.74) is 6.94. The molecule has 0 atom stereocenters. The Labute approximate surface area is 185 Å². The number of sulfonamides is 1. The third-order valence-corrected chi connectivity index (χ3v) is 5.90. The van der Waals surface area contributed by atoms with Crippen molar-refractivity contribution in [3.05, 3.63) is 95.5 Å². The summed E-state index contributed by atoms with van der Waals surface area (Å²) in [6.45, 7) is 3.85. The highest BCUT2D eigenvalue weighted by atomic mass is 35.5. The normalized spacial score (nSPS) is 10.8. The van der Waals surface area contributed by atoms with Gasteiger partial charge in [0.25, 0.3) is 15.9 Å². The van der Waals surface area contributed by atoms with Gasteiger partial charge < -0.3 is 4.74 Å². The molecule has 0 aromatic heterocycles. The molecule has 0 heterocycles. The van der Waals surface area contributed by atoms with E-state index in [4.69, 9.17) is 16.3 Å². The number of hydrogen-bond acceptors (Lipinski definition) is 5. The fourth-order valence-corrected chi connectivity index (χ4v) is 3.84. The number of hydrogen-bond donors (Lipinski definition) is 3. The van der Waals surface area contributed by atoms with Gasteiger partial charge in [-0.3, -0.25) is 20.4 Å². The van der Waals surface area contributed by atoms with E-state index in [0.717, 1.165) is 5.56 Å². The fraction of sp³-hybridized carbons (Fsp3) is 0.0455. The van der Waals surface area contributed by atoms with Crippen molar-refractivity contribution in [2.24, 2.45) is 0 Å². The molecule has 31 heavy (non-hydrogen) atoms. The third kappa shape index (κ3) is 5.78. The Balaban J connectivity index is 1.68. The number of anilines is 1. The summed E-state index contributed by atoms with van der Waals surface area (Å²) in [7, 11) is -2.37. The summed E-state index contributed by atoms with van der Waals surface area (Å²) >= 11 is 5.86. The van der Waals surface area contributed by atoms with E-state index in [0.29, 0.717) is 22.2 Å². The second kappa shape index (κ2) is 9.55. The van der Waals surface area contributed by atoms with Crippen LogP contribution in [0.4, 0.5) is 5.69 Å². The summed E-state index contributed by atoms with van der Waals surface area (Å²) in [5, 5.41) is 0.585. The van der Waals surface area contributed by atoms with Gasteiger partial charge in [-0.2, -0.15) is 0 Å². The van der Waals surface area contributed by atoms with Crippen molar-refractivity contribution >= 4 is 38.9 Å². The van der Waals surface area contributed by atoms with Crippen LogP contribution < -0.4 is 20.3 Å². The minimum absolute atomic E-state index is 0.0486. The number of nitrogens with one attached hydrogen (secondary N) is 3. The van der Waals surface area contributed by atoms with Crippen molar-refractivity contribution in [3.8, 4) is 5.75 Å². The first-order valence-electron chi connectivity index (χ1n) is 9.06. The number of carbonyl (C=O) groups excluding carboxylic acids is 1. The summed E-state index contributed by atoms with van der Waals surface area (Å²) in [5.74, 6) is 0.0888. The summed E-state index contributed by atoms with van der Waals surface area (Å²) in [6.07, 6.45) is 0. The number of carbonyl (C=O) groups is 1. The summed E-state index contributed by atoms with van der Waals surface area (Å²) < 4.78 is 32.9. The van der Waals surface area contributed by atoms with Crippen LogP contribution in [-0.2, 0) is 10.0 Å². The SMILES string of the molecule is C=C(NNC(=O)c1cccc(S(=O)(=O)Nc2ccc(OC)cc2)c1)c1ccc(Cl)cc1. The molecule has 0 spiro atoms. The molecule has 1 amide bonds. The lowest BCUT2D eigenvalue weighted by atomic mass is 10.2. The number of halogens is 1. The second-order valence-electron chi connectivity index (χ2n) is 6.43. The zero-order chi connectivity index (χ0) is 22.4. The zero-order valence-electron chi connectivity index (χ0n) is 16.6. The van der Waals surface area contributed by atoms with E-state index in [1.54, 1.807) is 48.5 Å². The minimum atomic E-state index is -3.89. The highest BCUT2D eigenvalue weighted by molar-refractivity contribution is 7.92. The topological polar surface area (TPSA) is 96.5 Å². The third-order valence-electron chi connectivity index (χ3n) is 4.27. The maximum atomic E-state index is 12.7. The molecule has 0 fully saturated rings. The molecule has 3 aromatic carbocycles. The zero-order valence-corrected chi connectivity index (χ0v) is 18.1. The van der Waals surface area contributed by atoms with Crippen molar-refractivity contribution in [1.29, 1.82) is 0 Å². The molecule has 0 aliphatic carbocycles. The Morgan fingerprint density at radius 1 is 0.935 bits per heavy atom. The number of hydrazine groups is 1. The highest BCUT2D eigenvalue weighted by Gasteiger charge is 2.17. The largest absolute Gasteiger partial charge is 0.497 e. The molecular weight excluding hydrogens is 438 g/mol. The van der Waals surface area contributed by atoms with Gasteiger partial charge in [-0.1, -0.05) is 36.4 Å². The number of amides is 1. The molecule has 160 valence electrons. The molecule has 3 rings (SSSR count). The van der Waals surface area contributed by atoms with Crippen molar-refractivity contribution < 1.29 is 17.9 Å². The van der Waals surface area contributed by atoms with E-state index < -0.39 is 15.9 Å². The lowest BCUT2D eigenvalue weighted by molar-refractivity contribution is 0.0942. The Kier molecular flexibility index (Phi) is 6.84. The lowest BCUT2D eigenvalue weighted by Gasteiger charge is -2.12. The fourth-order valence-electron chi connectivity index (χ4n) is 2.61. The van der Waals surface area contributed by atoms with Crippen LogP contribution >= 0.6 is 11.6 Å². The molecule has 7 nitrogen and oxygen atoms in total. The van der Waals surface area contributed by atoms with E-state index in [1.807, 2.05) is 0 Å². The van der Waals surface area contributed by atoms with E-state index >= 15 is 0 Å². The standard InChI is InChI=1S/C22H20ClN3O4S/c1-15(16-6-8-18(23)9-7-16)24-25-22(27)17-4-3-5-21(14-17)31(28,29)26-19-10-12-20(30-2)13-11-19/h3-14,24,26H,1H2,2H3,(H,25,27). The van der Waals surface area contributed by atoms with Gasteiger partial charge in [-0.15, -0.1) is 0 Å². The molecule has 3 N–H and O–H groups in total. The van der Waals surface area contributed by atoms with Crippen LogP contribution in [0.2, 0.25) is 5.02 Å². The number of rotatable bonds is 8. The number of methoxy groups -OCH3 is 1. The van der Waals surface area contributed by atoms with Gasteiger partial charge in [0.1, 0.15) is 5.75 Å². The molecule has 0 saturated heterocycles. The summed E-state index contributed by atoms with van der Waals surface area (Å²) in [4.78, 5) is 12.4.